The number of sulfone groups is 1. The average molecular weight is 588 g/mol. The number of hydrogen-bond donors (Lipinski definition) is 2. The molecule has 2 atom stereocenters. The number of aliphatic carboxylic acids is 1. The fraction of sp³-hybridized carbons (Fsp3) is 0.346. The number of imidazole rings is 1. The Hall–Kier alpha value is -4.50. The average Bonchev–Trinajstić information content (AvgIpc) is 3.34. The molecule has 218 valence electrons. The lowest BCUT2D eigenvalue weighted by atomic mass is 9.81. The van der Waals surface area contributed by atoms with E-state index in [-0.39, 0.29) is 17.8 Å². The van der Waals surface area contributed by atoms with Crippen LogP contribution in [0.4, 0.5) is 11.4 Å². The largest absolute Gasteiger partial charge is 0.480 e. The second kappa shape index (κ2) is 11.5. The van der Waals surface area contributed by atoms with E-state index in [0.29, 0.717) is 5.56 Å². The molecule has 0 fully saturated rings. The van der Waals surface area contributed by atoms with E-state index in [0.717, 1.165) is 35.3 Å². The lowest BCUT2D eigenvalue weighted by Gasteiger charge is -2.30. The van der Waals surface area contributed by atoms with Crippen LogP contribution in [-0.4, -0.2) is 60.7 Å². The summed E-state index contributed by atoms with van der Waals surface area (Å²) in [5, 5.41) is 33.0. The van der Waals surface area contributed by atoms with Crippen molar-refractivity contribution < 1.29 is 33.0 Å². The molecule has 0 saturated heterocycles. The number of ketones is 1. The highest BCUT2D eigenvalue weighted by atomic mass is 32.2. The Balaban J connectivity index is 2.09. The number of benzene rings is 2. The van der Waals surface area contributed by atoms with Crippen LogP contribution in [0.15, 0.2) is 61.1 Å². The van der Waals surface area contributed by atoms with Crippen LogP contribution in [0.3, 0.4) is 0 Å². The summed E-state index contributed by atoms with van der Waals surface area (Å²) >= 11 is 0. The summed E-state index contributed by atoms with van der Waals surface area (Å²) in [6, 6.07) is 11.3. The van der Waals surface area contributed by atoms with Crippen LogP contribution in [0.1, 0.15) is 32.0 Å². The zero-order chi connectivity index (χ0) is 30.8. The summed E-state index contributed by atoms with van der Waals surface area (Å²) in [7, 11) is -3.90. The highest BCUT2D eigenvalue weighted by Crippen LogP contribution is 2.31. The maximum atomic E-state index is 13.9. The van der Waals surface area contributed by atoms with Gasteiger partial charge in [-0.3, -0.25) is 29.6 Å². The normalized spacial score (nSPS) is 14.1. The van der Waals surface area contributed by atoms with Crippen LogP contribution in [0, 0.1) is 26.1 Å². The first kappa shape index (κ1) is 31.0. The second-order valence-electron chi connectivity index (χ2n) is 10.5. The lowest BCUT2D eigenvalue weighted by Crippen LogP contribution is -2.60. The van der Waals surface area contributed by atoms with Crippen molar-refractivity contribution in [3.8, 4) is 5.69 Å². The van der Waals surface area contributed by atoms with E-state index in [9.17, 15) is 43.3 Å². The minimum atomic E-state index is -3.90. The number of nitrogens with zero attached hydrogens (tertiary/aromatic N) is 4. The number of carbonyl (C=O) groups is 2. The zero-order valence-electron chi connectivity index (χ0n) is 22.5. The number of carbonyl (C=O) groups excluding carboxylic acids is 1. The van der Waals surface area contributed by atoms with Gasteiger partial charge in [0.25, 0.3) is 11.4 Å². The van der Waals surface area contributed by atoms with Gasteiger partial charge in [0, 0.05) is 30.3 Å². The predicted molar refractivity (Wildman–Crippen MR) is 147 cm³/mol. The molecule has 3 N–H and O–H groups in total. The Morgan fingerprint density at radius 2 is 1.71 bits per heavy atom. The number of carboxylic acid groups (broad SMARTS) is 1. The van der Waals surface area contributed by atoms with Crippen molar-refractivity contribution in [2.24, 2.45) is 11.7 Å². The van der Waals surface area contributed by atoms with E-state index in [1.165, 1.54) is 20.8 Å². The van der Waals surface area contributed by atoms with E-state index in [1.54, 1.807) is 30.3 Å². The molecular weight excluding hydrogens is 558 g/mol. The van der Waals surface area contributed by atoms with Crippen LogP contribution in [0.5, 0.6) is 0 Å². The Labute approximate surface area is 235 Å². The van der Waals surface area contributed by atoms with Crippen LogP contribution in [0.25, 0.3) is 5.69 Å². The summed E-state index contributed by atoms with van der Waals surface area (Å²) in [5.74, 6) is -4.79. The first-order valence-electron chi connectivity index (χ1n) is 12.2. The van der Waals surface area contributed by atoms with Crippen molar-refractivity contribution in [2.45, 2.75) is 43.9 Å². The topological polar surface area (TPSA) is 219 Å². The maximum absolute atomic E-state index is 13.9. The van der Waals surface area contributed by atoms with Gasteiger partial charge in [0.1, 0.15) is 5.69 Å². The smallest absolute Gasteiger partial charge is 0.331 e. The predicted octanol–water partition coefficient (Wildman–Crippen LogP) is 2.65. The van der Waals surface area contributed by atoms with Crippen molar-refractivity contribution in [3.63, 3.8) is 0 Å². The molecule has 1 aromatic heterocycles. The van der Waals surface area contributed by atoms with Gasteiger partial charge in [-0.25, -0.2) is 18.2 Å². The van der Waals surface area contributed by atoms with Gasteiger partial charge in [-0.05, 0) is 38.8 Å². The molecule has 2 aromatic carbocycles. The molecule has 41 heavy (non-hydrogen) atoms. The first-order chi connectivity index (χ1) is 19.0. The van der Waals surface area contributed by atoms with E-state index in [4.69, 9.17) is 5.73 Å². The number of Topliss-reactive ketones (excluding diaryl/α,β-unsaturated/α-hetero) is 1. The maximum Gasteiger partial charge on any atom is 0.331 e. The third-order valence-corrected chi connectivity index (χ3v) is 9.38. The van der Waals surface area contributed by atoms with Crippen molar-refractivity contribution in [3.05, 3.63) is 92.5 Å². The molecule has 3 rings (SSSR count). The standard InChI is InChI=1S/C26H29N5O9S/c1-25(2,3)41(39,40)15-18(11-17-7-5-4-6-8-17)23(32)26(27,24(33)34)13-20-14-28-16-29(20)21-10-9-19(30(35)36)12-22(21)31(37)38/h4-10,12,14,16,18H,11,13,15,27H2,1-3H3,(H,33,34)/t18-,26+/m1/s1. The van der Waals surface area contributed by atoms with Gasteiger partial charge in [0.2, 0.25) is 0 Å². The number of rotatable bonds is 12. The summed E-state index contributed by atoms with van der Waals surface area (Å²) in [6.07, 6.45) is 1.45. The van der Waals surface area contributed by atoms with Crippen LogP contribution in [0.2, 0.25) is 0 Å². The van der Waals surface area contributed by atoms with Crippen molar-refractivity contribution in [1.29, 1.82) is 0 Å². The van der Waals surface area contributed by atoms with E-state index in [2.05, 4.69) is 4.98 Å². The molecule has 1 heterocycles. The molecular formula is C26H29N5O9S. The van der Waals surface area contributed by atoms with E-state index >= 15 is 0 Å². The van der Waals surface area contributed by atoms with Gasteiger partial charge in [0.05, 0.1) is 32.7 Å². The Kier molecular flexibility index (Phi) is 8.74. The van der Waals surface area contributed by atoms with Crippen molar-refractivity contribution in [2.75, 3.05) is 5.75 Å². The van der Waals surface area contributed by atoms with Gasteiger partial charge < -0.3 is 10.8 Å². The van der Waals surface area contributed by atoms with Gasteiger partial charge in [0.15, 0.2) is 21.2 Å². The fourth-order valence-electron chi connectivity index (χ4n) is 4.20. The summed E-state index contributed by atoms with van der Waals surface area (Å²) in [4.78, 5) is 51.5. The lowest BCUT2D eigenvalue weighted by molar-refractivity contribution is -0.394. The second-order valence-corrected chi connectivity index (χ2v) is 13.3. The molecule has 0 saturated carbocycles. The van der Waals surface area contributed by atoms with E-state index < -0.39 is 71.2 Å². The SMILES string of the molecule is CC(C)(C)S(=O)(=O)C[C@@H](Cc1ccccc1)C(=O)[C@@](N)(Cc1cncn1-c1ccc([N+](=O)[O-])cc1[N+](=O)[O-])C(=O)O. The van der Waals surface area contributed by atoms with Crippen LogP contribution < -0.4 is 5.73 Å². The molecule has 14 nitrogen and oxygen atoms in total. The number of carboxylic acids is 1. The Bertz CT molecular complexity index is 1600. The minimum Gasteiger partial charge on any atom is -0.480 e. The monoisotopic (exact) mass is 587 g/mol. The molecule has 0 amide bonds. The fourth-order valence-corrected chi connectivity index (χ4v) is 5.50. The number of aromatic nitrogens is 2. The number of nitrogens with two attached hydrogens (primary N) is 1. The van der Waals surface area contributed by atoms with Gasteiger partial charge in [-0.2, -0.15) is 0 Å². The third kappa shape index (κ3) is 6.63. The third-order valence-electron chi connectivity index (χ3n) is 6.67. The molecule has 3 aromatic rings. The quantitative estimate of drug-likeness (QED) is 0.178. The van der Waals surface area contributed by atoms with Crippen molar-refractivity contribution >= 4 is 33.0 Å². The molecule has 0 unspecified atom stereocenters. The number of nitro benzene ring substituents is 2. The van der Waals surface area contributed by atoms with Gasteiger partial charge in [-0.15, -0.1) is 0 Å². The Morgan fingerprint density at radius 1 is 1.07 bits per heavy atom. The van der Waals surface area contributed by atoms with Crippen LogP contribution >= 0.6 is 0 Å². The minimum absolute atomic E-state index is 0.0302. The number of hydrogen-bond acceptors (Lipinski definition) is 10. The molecule has 0 spiro atoms. The highest BCUT2D eigenvalue weighted by molar-refractivity contribution is 7.92. The number of nitro groups is 2. The van der Waals surface area contributed by atoms with Gasteiger partial charge >= 0.3 is 5.97 Å². The van der Waals surface area contributed by atoms with Crippen LogP contribution in [-0.2, 0) is 32.3 Å². The zero-order valence-corrected chi connectivity index (χ0v) is 23.3. The molecule has 15 heteroatoms. The summed E-state index contributed by atoms with van der Waals surface area (Å²) in [6.45, 7) is 4.40. The summed E-state index contributed by atoms with van der Waals surface area (Å²) in [5.41, 5.74) is 2.78. The van der Waals surface area contributed by atoms with E-state index in [1.807, 2.05) is 0 Å². The molecule has 0 bridgehead atoms. The summed E-state index contributed by atoms with van der Waals surface area (Å²) < 4.78 is 26.1. The van der Waals surface area contributed by atoms with Crippen molar-refractivity contribution in [1.82, 2.24) is 9.55 Å². The van der Waals surface area contributed by atoms with Gasteiger partial charge in [-0.1, -0.05) is 30.3 Å². The molecule has 0 aliphatic heterocycles. The number of non-ortho nitro benzene ring substituents is 1. The first-order valence-corrected chi connectivity index (χ1v) is 13.9. The molecule has 0 aliphatic rings. The highest BCUT2D eigenvalue weighted by Gasteiger charge is 2.48. The Morgan fingerprint density at radius 3 is 2.24 bits per heavy atom. The molecule has 0 aliphatic carbocycles. The molecule has 0 radical (unpaired) electrons.